The van der Waals surface area contributed by atoms with E-state index in [1.54, 1.807) is 24.5 Å². The van der Waals surface area contributed by atoms with Crippen LogP contribution in [0.15, 0.2) is 18.7 Å². The van der Waals surface area contributed by atoms with Gasteiger partial charge in [0.15, 0.2) is 0 Å². The SMILES string of the molecule is COCCN(Cc1c(C)nn(C)c1C)C(=O)NC[C@H](C)n1ccnc1. The summed E-state index contributed by atoms with van der Waals surface area (Å²) in [6.07, 6.45) is 5.38. The minimum absolute atomic E-state index is 0.105. The lowest BCUT2D eigenvalue weighted by Gasteiger charge is -2.24. The zero-order chi connectivity index (χ0) is 18.4. The fourth-order valence-corrected chi connectivity index (χ4v) is 2.67. The molecule has 0 saturated heterocycles. The molecular formula is C17H28N6O2. The summed E-state index contributed by atoms with van der Waals surface area (Å²) < 4.78 is 8.97. The van der Waals surface area contributed by atoms with Gasteiger partial charge in [-0.15, -0.1) is 0 Å². The third kappa shape index (κ3) is 4.82. The number of carbonyl (C=O) groups is 1. The normalized spacial score (nSPS) is 12.2. The first-order valence-corrected chi connectivity index (χ1v) is 8.42. The monoisotopic (exact) mass is 348 g/mol. The van der Waals surface area contributed by atoms with Gasteiger partial charge in [-0.25, -0.2) is 9.78 Å². The van der Waals surface area contributed by atoms with Crippen LogP contribution in [-0.4, -0.2) is 57.1 Å². The van der Waals surface area contributed by atoms with Crippen LogP contribution in [0.1, 0.15) is 29.9 Å². The van der Waals surface area contributed by atoms with Crippen molar-refractivity contribution in [3.8, 4) is 0 Å². The first-order valence-electron chi connectivity index (χ1n) is 8.42. The van der Waals surface area contributed by atoms with Crippen LogP contribution in [0.3, 0.4) is 0 Å². The van der Waals surface area contributed by atoms with Gasteiger partial charge in [-0.05, 0) is 20.8 Å². The highest BCUT2D eigenvalue weighted by molar-refractivity contribution is 5.74. The molecule has 0 aromatic carbocycles. The van der Waals surface area contributed by atoms with E-state index in [2.05, 4.69) is 15.4 Å². The lowest BCUT2D eigenvalue weighted by Crippen LogP contribution is -2.43. The maximum atomic E-state index is 12.7. The van der Waals surface area contributed by atoms with E-state index in [-0.39, 0.29) is 12.1 Å². The second-order valence-corrected chi connectivity index (χ2v) is 6.23. The average molecular weight is 348 g/mol. The van der Waals surface area contributed by atoms with E-state index in [9.17, 15) is 4.79 Å². The third-order valence-electron chi connectivity index (χ3n) is 4.44. The van der Waals surface area contributed by atoms with Crippen LogP contribution in [0.25, 0.3) is 0 Å². The number of imidazole rings is 1. The van der Waals surface area contributed by atoms with E-state index < -0.39 is 0 Å². The first kappa shape index (κ1) is 19.0. The van der Waals surface area contributed by atoms with Gasteiger partial charge in [0.2, 0.25) is 0 Å². The van der Waals surface area contributed by atoms with E-state index in [1.807, 2.05) is 43.3 Å². The van der Waals surface area contributed by atoms with Crippen LogP contribution in [-0.2, 0) is 18.3 Å². The van der Waals surface area contributed by atoms with Crippen LogP contribution >= 0.6 is 0 Å². The molecule has 2 aromatic rings. The lowest BCUT2D eigenvalue weighted by atomic mass is 10.2. The van der Waals surface area contributed by atoms with Gasteiger partial charge in [-0.3, -0.25) is 4.68 Å². The highest BCUT2D eigenvalue weighted by Crippen LogP contribution is 2.15. The topological polar surface area (TPSA) is 77.2 Å². The van der Waals surface area contributed by atoms with Gasteiger partial charge >= 0.3 is 6.03 Å². The lowest BCUT2D eigenvalue weighted by molar-refractivity contribution is 0.145. The van der Waals surface area contributed by atoms with E-state index >= 15 is 0 Å². The number of rotatable bonds is 8. The molecule has 8 heteroatoms. The van der Waals surface area contributed by atoms with E-state index in [1.165, 1.54) is 0 Å². The number of urea groups is 1. The quantitative estimate of drug-likeness (QED) is 0.787. The third-order valence-corrected chi connectivity index (χ3v) is 4.44. The standard InChI is InChI=1S/C17H28N6O2/c1-13(23-7-6-18-12-23)10-19-17(24)22(8-9-25-5)11-16-14(2)20-21(4)15(16)3/h6-7,12-13H,8-11H2,1-5H3,(H,19,24)/t13-/m0/s1. The number of hydrogen-bond donors (Lipinski definition) is 1. The van der Waals surface area contributed by atoms with Gasteiger partial charge in [0.25, 0.3) is 0 Å². The number of methoxy groups -OCH3 is 1. The number of nitrogens with zero attached hydrogens (tertiary/aromatic N) is 5. The summed E-state index contributed by atoms with van der Waals surface area (Å²) in [6.45, 7) is 8.08. The Bertz CT molecular complexity index is 680. The van der Waals surface area contributed by atoms with Crippen molar-refractivity contribution in [2.24, 2.45) is 7.05 Å². The van der Waals surface area contributed by atoms with Gasteiger partial charge < -0.3 is 19.5 Å². The molecule has 0 aliphatic carbocycles. The van der Waals surface area contributed by atoms with Crippen LogP contribution in [0.4, 0.5) is 4.79 Å². The largest absolute Gasteiger partial charge is 0.383 e. The zero-order valence-electron chi connectivity index (χ0n) is 15.7. The Balaban J connectivity index is 2.01. The number of hydrogen-bond acceptors (Lipinski definition) is 4. The fourth-order valence-electron chi connectivity index (χ4n) is 2.67. The van der Waals surface area contributed by atoms with Crippen LogP contribution in [0.5, 0.6) is 0 Å². The minimum atomic E-state index is -0.105. The minimum Gasteiger partial charge on any atom is -0.383 e. The molecule has 2 amide bonds. The molecule has 0 unspecified atom stereocenters. The summed E-state index contributed by atoms with van der Waals surface area (Å²) in [6, 6.07) is 0.0317. The summed E-state index contributed by atoms with van der Waals surface area (Å²) >= 11 is 0. The van der Waals surface area contributed by atoms with Gasteiger partial charge in [0, 0.05) is 56.9 Å². The molecule has 2 rings (SSSR count). The van der Waals surface area contributed by atoms with Gasteiger partial charge in [0.05, 0.1) is 25.2 Å². The highest BCUT2D eigenvalue weighted by Gasteiger charge is 2.19. The highest BCUT2D eigenvalue weighted by atomic mass is 16.5. The van der Waals surface area contributed by atoms with E-state index in [4.69, 9.17) is 4.74 Å². The Hall–Kier alpha value is -2.35. The van der Waals surface area contributed by atoms with Crippen molar-refractivity contribution in [1.82, 2.24) is 29.5 Å². The summed E-state index contributed by atoms with van der Waals surface area (Å²) in [4.78, 5) is 18.5. The molecule has 0 fully saturated rings. The molecule has 1 N–H and O–H groups in total. The second kappa shape index (κ2) is 8.66. The van der Waals surface area contributed by atoms with Crippen molar-refractivity contribution in [1.29, 1.82) is 0 Å². The number of nitrogens with one attached hydrogen (secondary N) is 1. The molecule has 0 spiro atoms. The predicted molar refractivity (Wildman–Crippen MR) is 95.3 cm³/mol. The maximum absolute atomic E-state index is 12.7. The molecule has 0 aliphatic rings. The Morgan fingerprint density at radius 1 is 1.44 bits per heavy atom. The van der Waals surface area contributed by atoms with Crippen LogP contribution < -0.4 is 5.32 Å². The van der Waals surface area contributed by atoms with Gasteiger partial charge in [-0.2, -0.15) is 5.10 Å². The van der Waals surface area contributed by atoms with Crippen molar-refractivity contribution in [2.45, 2.75) is 33.4 Å². The van der Waals surface area contributed by atoms with Crippen molar-refractivity contribution >= 4 is 6.03 Å². The maximum Gasteiger partial charge on any atom is 0.317 e. The van der Waals surface area contributed by atoms with E-state index in [0.29, 0.717) is 26.2 Å². The number of aryl methyl sites for hydroxylation is 2. The summed E-state index contributed by atoms with van der Waals surface area (Å²) in [5.41, 5.74) is 3.10. The second-order valence-electron chi connectivity index (χ2n) is 6.23. The van der Waals surface area contributed by atoms with E-state index in [0.717, 1.165) is 17.0 Å². The first-order chi connectivity index (χ1) is 11.9. The Kier molecular flexibility index (Phi) is 6.58. The molecule has 0 aliphatic heterocycles. The Labute approximate surface area is 148 Å². The summed E-state index contributed by atoms with van der Waals surface area (Å²) in [5.74, 6) is 0. The zero-order valence-corrected chi connectivity index (χ0v) is 15.7. The molecule has 25 heavy (non-hydrogen) atoms. The molecule has 1 atom stereocenters. The van der Waals surface area contributed by atoms with Gasteiger partial charge in [0.1, 0.15) is 0 Å². The molecule has 2 heterocycles. The summed E-state index contributed by atoms with van der Waals surface area (Å²) in [7, 11) is 3.55. The predicted octanol–water partition coefficient (Wildman–Crippen LogP) is 1.65. The molecule has 138 valence electrons. The Morgan fingerprint density at radius 3 is 2.76 bits per heavy atom. The molecule has 2 aromatic heterocycles. The van der Waals surface area contributed by atoms with Crippen LogP contribution in [0.2, 0.25) is 0 Å². The Morgan fingerprint density at radius 2 is 2.20 bits per heavy atom. The molecule has 0 bridgehead atoms. The van der Waals surface area contributed by atoms with Crippen molar-refractivity contribution in [2.75, 3.05) is 26.8 Å². The molecular weight excluding hydrogens is 320 g/mol. The van der Waals surface area contributed by atoms with Crippen molar-refractivity contribution in [3.05, 3.63) is 35.7 Å². The molecule has 8 nitrogen and oxygen atoms in total. The van der Waals surface area contributed by atoms with Crippen molar-refractivity contribution in [3.63, 3.8) is 0 Å². The van der Waals surface area contributed by atoms with Crippen LogP contribution in [0, 0.1) is 13.8 Å². The number of ether oxygens (including phenoxy) is 1. The van der Waals surface area contributed by atoms with Crippen molar-refractivity contribution < 1.29 is 9.53 Å². The number of aromatic nitrogens is 4. The fraction of sp³-hybridized carbons (Fsp3) is 0.588. The number of amides is 2. The summed E-state index contributed by atoms with van der Waals surface area (Å²) in [5, 5.41) is 7.43. The van der Waals surface area contributed by atoms with Gasteiger partial charge in [-0.1, -0.05) is 0 Å². The molecule has 0 radical (unpaired) electrons. The smallest absolute Gasteiger partial charge is 0.317 e. The average Bonchev–Trinajstić information content (AvgIpc) is 3.20. The number of carbonyl (C=O) groups excluding carboxylic acids is 1. The molecule has 0 saturated carbocycles.